The molecule has 6 nitrogen and oxygen atoms in total. The molecule has 0 aliphatic rings. The highest BCUT2D eigenvalue weighted by molar-refractivity contribution is 7.22. The Hall–Kier alpha value is -2.93. The summed E-state index contributed by atoms with van der Waals surface area (Å²) in [7, 11) is 0. The first-order chi connectivity index (χ1) is 12.7. The van der Waals surface area contributed by atoms with Crippen molar-refractivity contribution in [2.75, 3.05) is 18.5 Å². The molecule has 0 unspecified atom stereocenters. The number of carbonyl (C=O) groups excluding carboxylic acids is 1. The maximum atomic E-state index is 11.9. The molecule has 0 aliphatic heterocycles. The van der Waals surface area contributed by atoms with Gasteiger partial charge in [0.1, 0.15) is 5.75 Å². The predicted octanol–water partition coefficient (Wildman–Crippen LogP) is 3.65. The number of ether oxygens (including phenoxy) is 1. The van der Waals surface area contributed by atoms with Gasteiger partial charge in [-0.1, -0.05) is 30.4 Å². The van der Waals surface area contributed by atoms with Crippen LogP contribution in [0, 0.1) is 0 Å². The number of benzene rings is 2. The average molecular weight is 368 g/mol. The van der Waals surface area contributed by atoms with Gasteiger partial charge in [-0.2, -0.15) is 5.10 Å². The molecule has 0 saturated carbocycles. The molecule has 134 valence electrons. The number of thiazole rings is 1. The fourth-order valence-electron chi connectivity index (χ4n) is 2.19. The third-order valence-electron chi connectivity index (χ3n) is 3.45. The van der Waals surface area contributed by atoms with E-state index < -0.39 is 0 Å². The second kappa shape index (κ2) is 8.96. The summed E-state index contributed by atoms with van der Waals surface area (Å²) in [5.41, 5.74) is 4.30. The van der Waals surface area contributed by atoms with Gasteiger partial charge in [0.15, 0.2) is 5.13 Å². The molecule has 0 atom stereocenters. The van der Waals surface area contributed by atoms with Crippen molar-refractivity contribution in [3.05, 3.63) is 54.1 Å². The number of nitrogens with zero attached hydrogens (tertiary/aromatic N) is 2. The lowest BCUT2D eigenvalue weighted by atomic mass is 10.2. The minimum absolute atomic E-state index is 0.112. The normalized spacial score (nSPS) is 11.0. The van der Waals surface area contributed by atoms with Crippen molar-refractivity contribution < 1.29 is 9.53 Å². The molecule has 3 rings (SSSR count). The van der Waals surface area contributed by atoms with Crippen LogP contribution >= 0.6 is 11.3 Å². The van der Waals surface area contributed by atoms with E-state index in [1.54, 1.807) is 6.21 Å². The first-order valence-corrected chi connectivity index (χ1v) is 9.20. The zero-order chi connectivity index (χ0) is 18.2. The number of fused-ring (bicyclic) bond motifs is 1. The van der Waals surface area contributed by atoms with Crippen LogP contribution in [0.1, 0.15) is 18.9 Å². The average Bonchev–Trinajstić information content (AvgIpc) is 3.09. The third kappa shape index (κ3) is 5.03. The molecule has 2 aromatic carbocycles. The lowest BCUT2D eigenvalue weighted by Gasteiger charge is -2.04. The molecule has 0 saturated heterocycles. The molecule has 1 aromatic heterocycles. The lowest BCUT2D eigenvalue weighted by molar-refractivity contribution is -0.119. The molecule has 0 spiro atoms. The molecule has 0 aliphatic carbocycles. The maximum absolute atomic E-state index is 11.9. The number of hydrogen-bond acceptors (Lipinski definition) is 6. The number of rotatable bonds is 8. The van der Waals surface area contributed by atoms with E-state index in [0.29, 0.717) is 11.7 Å². The number of amides is 1. The van der Waals surface area contributed by atoms with Crippen molar-refractivity contribution in [1.29, 1.82) is 0 Å². The van der Waals surface area contributed by atoms with Crippen LogP contribution in [-0.4, -0.2) is 30.3 Å². The van der Waals surface area contributed by atoms with Gasteiger partial charge in [0.05, 0.1) is 29.6 Å². The quantitative estimate of drug-likeness (QED) is 0.470. The van der Waals surface area contributed by atoms with Crippen LogP contribution in [-0.2, 0) is 4.79 Å². The summed E-state index contributed by atoms with van der Waals surface area (Å²) in [4.78, 5) is 16.3. The molecule has 7 heteroatoms. The van der Waals surface area contributed by atoms with E-state index in [1.807, 2.05) is 48.5 Å². The highest BCUT2D eigenvalue weighted by atomic mass is 32.1. The zero-order valence-electron chi connectivity index (χ0n) is 14.4. The molecule has 1 amide bonds. The Balaban J connectivity index is 1.45. The number of aromatic nitrogens is 1. The molecule has 26 heavy (non-hydrogen) atoms. The van der Waals surface area contributed by atoms with Gasteiger partial charge < -0.3 is 10.1 Å². The SMILES string of the molecule is CCCOc1ccc(/C=N\NC(=O)CNc2nc3ccccc3s2)cc1. The van der Waals surface area contributed by atoms with Crippen molar-refractivity contribution in [1.82, 2.24) is 10.4 Å². The number of hydrogen-bond donors (Lipinski definition) is 2. The van der Waals surface area contributed by atoms with Gasteiger partial charge >= 0.3 is 0 Å². The minimum atomic E-state index is -0.233. The molecular formula is C19H20N4O2S. The Bertz CT molecular complexity index is 857. The van der Waals surface area contributed by atoms with Crippen molar-refractivity contribution >= 4 is 38.8 Å². The first-order valence-electron chi connectivity index (χ1n) is 8.39. The van der Waals surface area contributed by atoms with Crippen LogP contribution in [0.4, 0.5) is 5.13 Å². The van der Waals surface area contributed by atoms with Gasteiger partial charge in [-0.15, -0.1) is 0 Å². The van der Waals surface area contributed by atoms with E-state index in [-0.39, 0.29) is 12.5 Å². The molecule has 3 aromatic rings. The Labute approximate surface area is 155 Å². The van der Waals surface area contributed by atoms with Crippen LogP contribution in [0.15, 0.2) is 53.6 Å². The Morgan fingerprint density at radius 2 is 2.04 bits per heavy atom. The highest BCUT2D eigenvalue weighted by Crippen LogP contribution is 2.24. The van der Waals surface area contributed by atoms with Gasteiger partial charge in [-0.05, 0) is 48.4 Å². The van der Waals surface area contributed by atoms with Crippen molar-refractivity contribution in [2.24, 2.45) is 5.10 Å². The summed E-state index contributed by atoms with van der Waals surface area (Å²) in [5, 5.41) is 7.70. The first kappa shape index (κ1) is 17.9. The fourth-order valence-corrected chi connectivity index (χ4v) is 3.05. The maximum Gasteiger partial charge on any atom is 0.259 e. The van der Waals surface area contributed by atoms with E-state index in [0.717, 1.165) is 28.0 Å². The van der Waals surface area contributed by atoms with Crippen LogP contribution in [0.3, 0.4) is 0 Å². The van der Waals surface area contributed by atoms with E-state index in [9.17, 15) is 4.79 Å². The molecule has 2 N–H and O–H groups in total. The number of anilines is 1. The second-order valence-corrected chi connectivity index (χ2v) is 6.58. The smallest absolute Gasteiger partial charge is 0.259 e. The molecule has 0 radical (unpaired) electrons. The summed E-state index contributed by atoms with van der Waals surface area (Å²) in [6, 6.07) is 15.4. The van der Waals surface area contributed by atoms with Crippen LogP contribution < -0.4 is 15.5 Å². The number of para-hydroxylation sites is 1. The summed E-state index contributed by atoms with van der Waals surface area (Å²) < 4.78 is 6.60. The van der Waals surface area contributed by atoms with Gasteiger partial charge in [0.2, 0.25) is 0 Å². The third-order valence-corrected chi connectivity index (χ3v) is 4.44. The Morgan fingerprint density at radius 1 is 1.23 bits per heavy atom. The molecule has 0 fully saturated rings. The number of carbonyl (C=O) groups is 1. The summed E-state index contributed by atoms with van der Waals surface area (Å²) in [5.74, 6) is 0.594. The van der Waals surface area contributed by atoms with E-state index in [2.05, 4.69) is 27.8 Å². The minimum Gasteiger partial charge on any atom is -0.494 e. The van der Waals surface area contributed by atoms with E-state index in [1.165, 1.54) is 11.3 Å². The summed E-state index contributed by atoms with van der Waals surface area (Å²) in [6.45, 7) is 2.88. The zero-order valence-corrected chi connectivity index (χ0v) is 15.3. The van der Waals surface area contributed by atoms with Gasteiger partial charge in [-0.3, -0.25) is 4.79 Å². The van der Waals surface area contributed by atoms with Crippen LogP contribution in [0.25, 0.3) is 10.2 Å². The fraction of sp³-hybridized carbons (Fsp3) is 0.211. The highest BCUT2D eigenvalue weighted by Gasteiger charge is 2.04. The van der Waals surface area contributed by atoms with Crippen molar-refractivity contribution in [3.63, 3.8) is 0 Å². The second-order valence-electron chi connectivity index (χ2n) is 5.55. The molecule has 0 bridgehead atoms. The Morgan fingerprint density at radius 3 is 2.81 bits per heavy atom. The van der Waals surface area contributed by atoms with E-state index in [4.69, 9.17) is 4.74 Å². The van der Waals surface area contributed by atoms with Crippen LogP contribution in [0.2, 0.25) is 0 Å². The van der Waals surface area contributed by atoms with Gasteiger partial charge in [0.25, 0.3) is 5.91 Å². The number of nitrogens with one attached hydrogen (secondary N) is 2. The largest absolute Gasteiger partial charge is 0.494 e. The van der Waals surface area contributed by atoms with Crippen molar-refractivity contribution in [3.8, 4) is 5.75 Å². The monoisotopic (exact) mass is 368 g/mol. The Kier molecular flexibility index (Phi) is 6.16. The molecule has 1 heterocycles. The summed E-state index contributed by atoms with van der Waals surface area (Å²) in [6.07, 6.45) is 2.57. The predicted molar refractivity (Wildman–Crippen MR) is 106 cm³/mol. The molecular weight excluding hydrogens is 348 g/mol. The van der Waals surface area contributed by atoms with Gasteiger partial charge in [0, 0.05) is 0 Å². The number of hydrazone groups is 1. The van der Waals surface area contributed by atoms with Crippen LogP contribution in [0.5, 0.6) is 5.75 Å². The standard InChI is InChI=1S/C19H20N4O2S/c1-2-11-25-15-9-7-14(8-10-15)12-21-23-18(24)13-20-19-22-16-5-3-4-6-17(16)26-19/h3-10,12H,2,11,13H2,1H3,(H,20,22)(H,23,24)/b21-12-. The summed E-state index contributed by atoms with van der Waals surface area (Å²) >= 11 is 1.51. The van der Waals surface area contributed by atoms with Gasteiger partial charge in [-0.25, -0.2) is 10.4 Å². The van der Waals surface area contributed by atoms with Crippen molar-refractivity contribution in [2.45, 2.75) is 13.3 Å². The topological polar surface area (TPSA) is 75.6 Å². The van der Waals surface area contributed by atoms with E-state index >= 15 is 0 Å². The lowest BCUT2D eigenvalue weighted by Crippen LogP contribution is -2.25.